The average Bonchev–Trinajstić information content (AvgIpc) is 2.81. The lowest BCUT2D eigenvalue weighted by atomic mass is 10.2. The molecule has 0 unspecified atom stereocenters. The number of hydrogen-bond acceptors (Lipinski definition) is 5. The van der Waals surface area contributed by atoms with Crippen LogP contribution in [-0.4, -0.2) is 21.0 Å². The van der Waals surface area contributed by atoms with Gasteiger partial charge in [-0.25, -0.2) is 19.7 Å². The van der Waals surface area contributed by atoms with Gasteiger partial charge in [0.15, 0.2) is 0 Å². The number of aryl methyl sites for hydroxylation is 1. The fourth-order valence-corrected chi connectivity index (χ4v) is 3.15. The molecule has 2 aromatic heterocycles. The number of nitrogens with zero attached hydrogens (tertiary/aromatic N) is 3. The SMILES string of the molecule is CCc1nccc(-c2cccnc2Oc2ccc(NC(=O)Nc3cccc(Cl)c3)cc2)n1. The van der Waals surface area contributed by atoms with Crippen LogP contribution in [0.1, 0.15) is 12.7 Å². The number of carbonyl (C=O) groups excluding carboxylic acids is 1. The highest BCUT2D eigenvalue weighted by molar-refractivity contribution is 6.30. The van der Waals surface area contributed by atoms with Crippen molar-refractivity contribution >= 4 is 29.0 Å². The van der Waals surface area contributed by atoms with Gasteiger partial charge < -0.3 is 15.4 Å². The zero-order valence-electron chi connectivity index (χ0n) is 17.2. The molecule has 0 aliphatic heterocycles. The topological polar surface area (TPSA) is 89.0 Å². The minimum Gasteiger partial charge on any atom is -0.438 e. The van der Waals surface area contributed by atoms with E-state index in [4.69, 9.17) is 16.3 Å². The molecule has 0 fully saturated rings. The molecule has 0 bridgehead atoms. The molecule has 160 valence electrons. The number of urea groups is 1. The Labute approximate surface area is 190 Å². The zero-order valence-corrected chi connectivity index (χ0v) is 18.0. The maximum Gasteiger partial charge on any atom is 0.323 e. The number of pyridine rings is 1. The number of nitrogens with one attached hydrogen (secondary N) is 2. The highest BCUT2D eigenvalue weighted by Gasteiger charge is 2.11. The number of ether oxygens (including phenoxy) is 1. The van der Waals surface area contributed by atoms with Gasteiger partial charge in [0.2, 0.25) is 5.88 Å². The second-order valence-electron chi connectivity index (χ2n) is 6.78. The molecule has 7 nitrogen and oxygen atoms in total. The van der Waals surface area contributed by atoms with Crippen LogP contribution >= 0.6 is 11.6 Å². The first-order valence-electron chi connectivity index (χ1n) is 9.99. The Kier molecular flexibility index (Phi) is 6.57. The van der Waals surface area contributed by atoms with Crippen LogP contribution in [0.4, 0.5) is 16.2 Å². The molecule has 0 aliphatic rings. The molecular formula is C24H20ClN5O2. The van der Waals surface area contributed by atoms with E-state index in [2.05, 4.69) is 25.6 Å². The van der Waals surface area contributed by atoms with Gasteiger partial charge in [0.25, 0.3) is 0 Å². The molecule has 0 spiro atoms. The predicted molar refractivity (Wildman–Crippen MR) is 125 cm³/mol. The smallest absolute Gasteiger partial charge is 0.323 e. The maximum atomic E-state index is 12.2. The third-order valence-corrected chi connectivity index (χ3v) is 4.71. The van der Waals surface area contributed by atoms with Crippen molar-refractivity contribution in [3.05, 3.63) is 90.0 Å². The van der Waals surface area contributed by atoms with Gasteiger partial charge in [-0.15, -0.1) is 0 Å². The van der Waals surface area contributed by atoms with E-state index in [9.17, 15) is 4.79 Å². The summed E-state index contributed by atoms with van der Waals surface area (Å²) in [5.74, 6) is 1.77. The number of benzene rings is 2. The van der Waals surface area contributed by atoms with Gasteiger partial charge in [-0.1, -0.05) is 24.6 Å². The van der Waals surface area contributed by atoms with Crippen molar-refractivity contribution in [3.63, 3.8) is 0 Å². The van der Waals surface area contributed by atoms with Gasteiger partial charge in [-0.05, 0) is 60.7 Å². The molecule has 2 N–H and O–H groups in total. The lowest BCUT2D eigenvalue weighted by Crippen LogP contribution is -2.19. The summed E-state index contributed by atoms with van der Waals surface area (Å²) in [5, 5.41) is 6.05. The molecular weight excluding hydrogens is 426 g/mol. The summed E-state index contributed by atoms with van der Waals surface area (Å²) in [6.45, 7) is 2.00. The van der Waals surface area contributed by atoms with Crippen LogP contribution in [0, 0.1) is 0 Å². The van der Waals surface area contributed by atoms with Crippen LogP contribution in [0.3, 0.4) is 0 Å². The van der Waals surface area contributed by atoms with E-state index < -0.39 is 0 Å². The van der Waals surface area contributed by atoms with Crippen molar-refractivity contribution in [2.45, 2.75) is 13.3 Å². The number of halogens is 1. The van der Waals surface area contributed by atoms with Crippen LogP contribution in [0.5, 0.6) is 11.6 Å². The molecule has 0 saturated carbocycles. The molecule has 4 aromatic rings. The molecule has 2 heterocycles. The highest BCUT2D eigenvalue weighted by Crippen LogP contribution is 2.30. The Hall–Kier alpha value is -3.97. The third-order valence-electron chi connectivity index (χ3n) is 4.48. The normalized spacial score (nSPS) is 10.4. The number of rotatable bonds is 6. The van der Waals surface area contributed by atoms with E-state index in [0.717, 1.165) is 23.5 Å². The van der Waals surface area contributed by atoms with Crippen LogP contribution in [0.15, 0.2) is 79.1 Å². The largest absolute Gasteiger partial charge is 0.438 e. The van der Waals surface area contributed by atoms with Crippen molar-refractivity contribution < 1.29 is 9.53 Å². The second-order valence-corrected chi connectivity index (χ2v) is 7.22. The Bertz CT molecular complexity index is 1230. The minimum absolute atomic E-state index is 0.372. The van der Waals surface area contributed by atoms with Gasteiger partial charge in [-0.2, -0.15) is 0 Å². The Morgan fingerprint density at radius 3 is 2.53 bits per heavy atom. The van der Waals surface area contributed by atoms with E-state index in [0.29, 0.717) is 28.0 Å². The molecule has 0 atom stereocenters. The summed E-state index contributed by atoms with van der Waals surface area (Å²) in [6, 6.07) is 19.1. The average molecular weight is 446 g/mol. The van der Waals surface area contributed by atoms with Crippen LogP contribution in [-0.2, 0) is 6.42 Å². The molecule has 2 aromatic carbocycles. The summed E-state index contributed by atoms with van der Waals surface area (Å²) in [5.41, 5.74) is 2.73. The number of aromatic nitrogens is 3. The van der Waals surface area contributed by atoms with Gasteiger partial charge in [-0.3, -0.25) is 0 Å². The van der Waals surface area contributed by atoms with E-state index >= 15 is 0 Å². The molecule has 0 aliphatic carbocycles. The van der Waals surface area contributed by atoms with Gasteiger partial charge >= 0.3 is 6.03 Å². The van der Waals surface area contributed by atoms with Gasteiger partial charge in [0.05, 0.1) is 11.3 Å². The summed E-state index contributed by atoms with van der Waals surface area (Å²) >= 11 is 5.94. The van der Waals surface area contributed by atoms with Crippen molar-refractivity contribution in [3.8, 4) is 22.9 Å². The Morgan fingerprint density at radius 2 is 1.75 bits per heavy atom. The van der Waals surface area contributed by atoms with Crippen molar-refractivity contribution in [1.82, 2.24) is 15.0 Å². The molecule has 4 rings (SSSR count). The van der Waals surface area contributed by atoms with Crippen molar-refractivity contribution in [1.29, 1.82) is 0 Å². The molecule has 0 saturated heterocycles. The van der Waals surface area contributed by atoms with E-state index in [1.165, 1.54) is 0 Å². The summed E-state index contributed by atoms with van der Waals surface area (Å²) in [4.78, 5) is 25.4. The minimum atomic E-state index is -0.372. The lowest BCUT2D eigenvalue weighted by molar-refractivity contribution is 0.262. The fourth-order valence-electron chi connectivity index (χ4n) is 2.96. The van der Waals surface area contributed by atoms with Crippen LogP contribution in [0.2, 0.25) is 5.02 Å². The molecule has 0 radical (unpaired) electrons. The van der Waals surface area contributed by atoms with Crippen molar-refractivity contribution in [2.24, 2.45) is 0 Å². The Morgan fingerprint density at radius 1 is 0.938 bits per heavy atom. The quantitative estimate of drug-likeness (QED) is 0.369. The molecule has 8 heteroatoms. The zero-order chi connectivity index (χ0) is 22.3. The summed E-state index contributed by atoms with van der Waals surface area (Å²) in [7, 11) is 0. The standard InChI is InChI=1S/C24H20ClN5O2/c1-2-22-26-14-12-21(30-22)20-7-4-13-27-23(20)32-19-10-8-17(9-11-19)28-24(31)29-18-6-3-5-16(25)15-18/h3-15H,2H2,1H3,(H2,28,29,31). The highest BCUT2D eigenvalue weighted by atomic mass is 35.5. The predicted octanol–water partition coefficient (Wildman–Crippen LogP) is 6.19. The monoisotopic (exact) mass is 445 g/mol. The number of hydrogen-bond donors (Lipinski definition) is 2. The molecule has 2 amide bonds. The molecule has 32 heavy (non-hydrogen) atoms. The summed E-state index contributed by atoms with van der Waals surface area (Å²) < 4.78 is 5.99. The maximum absolute atomic E-state index is 12.2. The van der Waals surface area contributed by atoms with Gasteiger partial charge in [0.1, 0.15) is 11.6 Å². The van der Waals surface area contributed by atoms with E-state index in [1.807, 2.05) is 25.1 Å². The van der Waals surface area contributed by atoms with Crippen LogP contribution < -0.4 is 15.4 Å². The summed E-state index contributed by atoms with van der Waals surface area (Å²) in [6.07, 6.45) is 4.13. The van der Waals surface area contributed by atoms with Gasteiger partial charge in [0, 0.05) is 35.2 Å². The van der Waals surface area contributed by atoms with Crippen molar-refractivity contribution in [2.75, 3.05) is 10.6 Å². The third kappa shape index (κ3) is 5.39. The van der Waals surface area contributed by atoms with Crippen LogP contribution in [0.25, 0.3) is 11.3 Å². The Balaban J connectivity index is 1.45. The number of amides is 2. The first-order valence-corrected chi connectivity index (χ1v) is 10.4. The fraction of sp³-hybridized carbons (Fsp3) is 0.0833. The lowest BCUT2D eigenvalue weighted by Gasteiger charge is -2.11. The first-order chi connectivity index (χ1) is 15.6. The number of anilines is 2. The second kappa shape index (κ2) is 9.89. The van der Waals surface area contributed by atoms with E-state index in [-0.39, 0.29) is 6.03 Å². The number of carbonyl (C=O) groups is 1. The van der Waals surface area contributed by atoms with E-state index in [1.54, 1.807) is 60.9 Å². The first kappa shape index (κ1) is 21.3.